The van der Waals surface area contributed by atoms with Crippen LogP contribution < -0.4 is 5.73 Å². The first kappa shape index (κ1) is 8.60. The molecule has 1 heterocycles. The normalized spacial score (nSPS) is 13.5. The summed E-state index contributed by atoms with van der Waals surface area (Å²) >= 11 is 5.86. The summed E-state index contributed by atoms with van der Waals surface area (Å²) in [6.07, 6.45) is 1.94. The van der Waals surface area contributed by atoms with Crippen molar-refractivity contribution >= 4 is 22.5 Å². The number of H-pyrrole nitrogens is 1. The molecule has 0 bridgehead atoms. The number of fused-ring (bicyclic) bond motifs is 1. The number of nitrogens with two attached hydrogens (primary N) is 1. The molecule has 2 rings (SSSR count). The Morgan fingerprint density at radius 3 is 2.92 bits per heavy atom. The van der Waals surface area contributed by atoms with Crippen LogP contribution in [0.1, 0.15) is 18.5 Å². The van der Waals surface area contributed by atoms with E-state index in [9.17, 15) is 0 Å². The van der Waals surface area contributed by atoms with E-state index >= 15 is 0 Å². The zero-order valence-electron chi connectivity index (χ0n) is 7.34. The average molecular weight is 195 g/mol. The maximum absolute atomic E-state index is 5.86. The van der Waals surface area contributed by atoms with E-state index in [1.54, 1.807) is 0 Å². The molecule has 13 heavy (non-hydrogen) atoms. The molecule has 0 aliphatic heterocycles. The fourth-order valence-corrected chi connectivity index (χ4v) is 1.67. The molecule has 1 unspecified atom stereocenters. The van der Waals surface area contributed by atoms with Crippen LogP contribution >= 0.6 is 11.6 Å². The van der Waals surface area contributed by atoms with Crippen molar-refractivity contribution in [1.29, 1.82) is 0 Å². The molecule has 0 saturated carbocycles. The summed E-state index contributed by atoms with van der Waals surface area (Å²) in [5, 5.41) is 1.89. The number of rotatable bonds is 1. The van der Waals surface area contributed by atoms with Gasteiger partial charge in [0.25, 0.3) is 0 Å². The van der Waals surface area contributed by atoms with Crippen LogP contribution in [0.2, 0.25) is 5.02 Å². The Morgan fingerprint density at radius 1 is 1.46 bits per heavy atom. The largest absolute Gasteiger partial charge is 0.361 e. The van der Waals surface area contributed by atoms with Crippen molar-refractivity contribution < 1.29 is 0 Å². The zero-order chi connectivity index (χ0) is 9.42. The number of hydrogen-bond acceptors (Lipinski definition) is 1. The summed E-state index contributed by atoms with van der Waals surface area (Å²) in [5.74, 6) is 0. The fraction of sp³-hybridized carbons (Fsp3) is 0.200. The molecule has 0 aliphatic carbocycles. The molecule has 68 valence electrons. The standard InChI is InChI=1S/C10H11ClN2/c1-6(12)9-5-13-10-4-7(11)2-3-8(9)10/h2-6,13H,12H2,1H3. The summed E-state index contributed by atoms with van der Waals surface area (Å²) in [4.78, 5) is 3.15. The second kappa shape index (κ2) is 3.05. The van der Waals surface area contributed by atoms with Gasteiger partial charge in [0.05, 0.1) is 0 Å². The Kier molecular flexibility index (Phi) is 2.02. The summed E-state index contributed by atoms with van der Waals surface area (Å²) < 4.78 is 0. The Hall–Kier alpha value is -0.990. The van der Waals surface area contributed by atoms with E-state index in [-0.39, 0.29) is 6.04 Å². The molecule has 1 atom stereocenters. The highest BCUT2D eigenvalue weighted by atomic mass is 35.5. The molecular weight excluding hydrogens is 184 g/mol. The van der Waals surface area contributed by atoms with Crippen molar-refractivity contribution in [3.63, 3.8) is 0 Å². The van der Waals surface area contributed by atoms with Gasteiger partial charge in [-0.25, -0.2) is 0 Å². The van der Waals surface area contributed by atoms with Gasteiger partial charge in [-0.2, -0.15) is 0 Å². The molecule has 0 amide bonds. The van der Waals surface area contributed by atoms with Gasteiger partial charge >= 0.3 is 0 Å². The van der Waals surface area contributed by atoms with Crippen LogP contribution in [0.4, 0.5) is 0 Å². The number of nitrogens with one attached hydrogen (secondary N) is 1. The topological polar surface area (TPSA) is 41.8 Å². The molecule has 1 aromatic heterocycles. The first-order valence-electron chi connectivity index (χ1n) is 4.20. The smallest absolute Gasteiger partial charge is 0.0472 e. The van der Waals surface area contributed by atoms with Crippen molar-refractivity contribution in [3.8, 4) is 0 Å². The van der Waals surface area contributed by atoms with E-state index < -0.39 is 0 Å². The lowest BCUT2D eigenvalue weighted by atomic mass is 10.1. The first-order valence-corrected chi connectivity index (χ1v) is 4.58. The van der Waals surface area contributed by atoms with E-state index in [1.165, 1.54) is 0 Å². The predicted octanol–water partition coefficient (Wildman–Crippen LogP) is 2.84. The Bertz CT molecular complexity index is 431. The zero-order valence-corrected chi connectivity index (χ0v) is 8.10. The lowest BCUT2D eigenvalue weighted by molar-refractivity contribution is 0.826. The molecule has 0 spiro atoms. The van der Waals surface area contributed by atoms with E-state index in [2.05, 4.69) is 4.98 Å². The Labute approximate surface area is 81.7 Å². The third kappa shape index (κ3) is 1.43. The average Bonchev–Trinajstić information content (AvgIpc) is 2.46. The van der Waals surface area contributed by atoms with Crippen LogP contribution in [0.15, 0.2) is 24.4 Å². The highest BCUT2D eigenvalue weighted by Crippen LogP contribution is 2.24. The maximum atomic E-state index is 5.86. The minimum atomic E-state index is 0.0509. The SMILES string of the molecule is CC(N)c1c[nH]c2cc(Cl)ccc12. The monoisotopic (exact) mass is 194 g/mol. The minimum absolute atomic E-state index is 0.0509. The Balaban J connectivity index is 2.69. The molecule has 1 aromatic carbocycles. The lowest BCUT2D eigenvalue weighted by Crippen LogP contribution is -2.03. The second-order valence-electron chi connectivity index (χ2n) is 3.22. The number of hydrogen-bond donors (Lipinski definition) is 2. The highest BCUT2D eigenvalue weighted by Gasteiger charge is 2.06. The lowest BCUT2D eigenvalue weighted by Gasteiger charge is -2.01. The number of aromatic amines is 1. The van der Waals surface area contributed by atoms with Gasteiger partial charge in [-0.1, -0.05) is 17.7 Å². The molecule has 0 fully saturated rings. The summed E-state index contributed by atoms with van der Waals surface area (Å²) in [5.41, 5.74) is 7.98. The van der Waals surface area contributed by atoms with Crippen LogP contribution in [0.5, 0.6) is 0 Å². The van der Waals surface area contributed by atoms with Crippen molar-refractivity contribution in [1.82, 2.24) is 4.98 Å². The third-order valence-corrected chi connectivity index (χ3v) is 2.40. The van der Waals surface area contributed by atoms with Gasteiger partial charge in [-0.3, -0.25) is 0 Å². The van der Waals surface area contributed by atoms with Crippen molar-refractivity contribution in [3.05, 3.63) is 35.0 Å². The summed E-state index contributed by atoms with van der Waals surface area (Å²) in [6.45, 7) is 1.97. The van der Waals surface area contributed by atoms with E-state index in [0.29, 0.717) is 0 Å². The van der Waals surface area contributed by atoms with Crippen molar-refractivity contribution in [2.75, 3.05) is 0 Å². The fourth-order valence-electron chi connectivity index (χ4n) is 1.50. The first-order chi connectivity index (χ1) is 6.18. The predicted molar refractivity (Wildman–Crippen MR) is 55.9 cm³/mol. The van der Waals surface area contributed by atoms with Gasteiger partial charge in [-0.15, -0.1) is 0 Å². The minimum Gasteiger partial charge on any atom is -0.361 e. The molecule has 0 aliphatic rings. The second-order valence-corrected chi connectivity index (χ2v) is 3.66. The molecule has 2 nitrogen and oxygen atoms in total. The Morgan fingerprint density at radius 2 is 2.23 bits per heavy atom. The van der Waals surface area contributed by atoms with Gasteiger partial charge in [0.2, 0.25) is 0 Å². The number of aromatic nitrogens is 1. The van der Waals surface area contributed by atoms with E-state index in [0.717, 1.165) is 21.5 Å². The quantitative estimate of drug-likeness (QED) is 0.720. The summed E-state index contributed by atoms with van der Waals surface area (Å²) in [7, 11) is 0. The molecule has 0 saturated heterocycles. The van der Waals surface area contributed by atoms with Gasteiger partial charge in [0, 0.05) is 28.2 Å². The van der Waals surface area contributed by atoms with Crippen LogP contribution in [0, 0.1) is 0 Å². The molecule has 0 radical (unpaired) electrons. The van der Waals surface area contributed by atoms with Crippen molar-refractivity contribution in [2.45, 2.75) is 13.0 Å². The van der Waals surface area contributed by atoms with Crippen LogP contribution in [0.25, 0.3) is 10.9 Å². The molecular formula is C10H11ClN2. The number of benzene rings is 1. The molecule has 3 N–H and O–H groups in total. The third-order valence-electron chi connectivity index (χ3n) is 2.17. The van der Waals surface area contributed by atoms with Gasteiger partial charge in [-0.05, 0) is 24.6 Å². The van der Waals surface area contributed by atoms with Crippen LogP contribution in [-0.2, 0) is 0 Å². The van der Waals surface area contributed by atoms with Gasteiger partial charge in [0.1, 0.15) is 0 Å². The van der Waals surface area contributed by atoms with Crippen molar-refractivity contribution in [2.24, 2.45) is 5.73 Å². The maximum Gasteiger partial charge on any atom is 0.0472 e. The van der Waals surface area contributed by atoms with E-state index in [1.807, 2.05) is 31.3 Å². The van der Waals surface area contributed by atoms with Crippen LogP contribution in [0.3, 0.4) is 0 Å². The molecule has 2 aromatic rings. The van der Waals surface area contributed by atoms with E-state index in [4.69, 9.17) is 17.3 Å². The molecule has 3 heteroatoms. The van der Waals surface area contributed by atoms with Gasteiger partial charge < -0.3 is 10.7 Å². The number of halogens is 1. The van der Waals surface area contributed by atoms with Gasteiger partial charge in [0.15, 0.2) is 0 Å². The summed E-state index contributed by atoms with van der Waals surface area (Å²) in [6, 6.07) is 5.83. The van der Waals surface area contributed by atoms with Crippen LogP contribution in [-0.4, -0.2) is 4.98 Å². The highest BCUT2D eigenvalue weighted by molar-refractivity contribution is 6.31.